The van der Waals surface area contributed by atoms with E-state index < -0.39 is 5.63 Å². The average Bonchev–Trinajstić information content (AvgIpc) is 2.93. The van der Waals surface area contributed by atoms with Gasteiger partial charge in [0.25, 0.3) is 0 Å². The monoisotopic (exact) mass is 341 g/mol. The molecule has 0 bridgehead atoms. The van der Waals surface area contributed by atoms with Gasteiger partial charge in [0.2, 0.25) is 5.91 Å². The molecular formula is C20H23NO4. The summed E-state index contributed by atoms with van der Waals surface area (Å²) in [7, 11) is 0. The molecule has 1 N–H and O–H groups in total. The Morgan fingerprint density at radius 3 is 2.60 bits per heavy atom. The number of furan rings is 1. The van der Waals surface area contributed by atoms with Crippen molar-refractivity contribution >= 4 is 27.8 Å². The fraction of sp³-hybridized carbons (Fsp3) is 0.400. The van der Waals surface area contributed by atoms with Crippen LogP contribution in [-0.4, -0.2) is 11.9 Å². The van der Waals surface area contributed by atoms with E-state index in [1.165, 1.54) is 0 Å². The standard InChI is InChI=1S/C20H23NO4/c1-6-12(4)21-16(22)8-14-13(5)18-15(25-20(14)23)7-10(2)17-11(3)9-24-19(17)18/h7,9,12H,6,8H2,1-5H3,(H,21,22). The predicted molar refractivity (Wildman–Crippen MR) is 98.1 cm³/mol. The fourth-order valence-corrected chi connectivity index (χ4v) is 3.27. The van der Waals surface area contributed by atoms with Crippen molar-refractivity contribution in [1.82, 2.24) is 5.32 Å². The molecule has 0 aliphatic heterocycles. The molecule has 25 heavy (non-hydrogen) atoms. The first-order valence-electron chi connectivity index (χ1n) is 8.56. The Bertz CT molecular complexity index is 1030. The molecule has 0 saturated carbocycles. The SMILES string of the molecule is CCC(C)NC(=O)Cc1c(C)c2c(cc(C)c3c(C)coc32)oc1=O. The van der Waals surface area contributed by atoms with E-state index in [4.69, 9.17) is 8.83 Å². The molecule has 1 unspecified atom stereocenters. The van der Waals surface area contributed by atoms with Gasteiger partial charge in [-0.25, -0.2) is 4.79 Å². The number of rotatable bonds is 4. The third-order valence-corrected chi connectivity index (χ3v) is 4.82. The van der Waals surface area contributed by atoms with Gasteiger partial charge < -0.3 is 14.2 Å². The molecule has 0 aliphatic rings. The zero-order valence-corrected chi connectivity index (χ0v) is 15.3. The number of hydrogen-bond donors (Lipinski definition) is 1. The summed E-state index contributed by atoms with van der Waals surface area (Å²) in [5.74, 6) is -0.178. The van der Waals surface area contributed by atoms with Crippen LogP contribution in [0.4, 0.5) is 0 Å². The lowest BCUT2D eigenvalue weighted by Gasteiger charge is -2.13. The molecular weight excluding hydrogens is 318 g/mol. The van der Waals surface area contributed by atoms with Crippen molar-refractivity contribution in [3.63, 3.8) is 0 Å². The third kappa shape index (κ3) is 2.95. The van der Waals surface area contributed by atoms with E-state index in [1.807, 2.05) is 40.7 Å². The summed E-state index contributed by atoms with van der Waals surface area (Å²) < 4.78 is 11.3. The average molecular weight is 341 g/mol. The highest BCUT2D eigenvalue weighted by Gasteiger charge is 2.20. The molecule has 0 fully saturated rings. The van der Waals surface area contributed by atoms with Crippen molar-refractivity contribution in [3.8, 4) is 0 Å². The van der Waals surface area contributed by atoms with Crippen LogP contribution in [-0.2, 0) is 11.2 Å². The summed E-state index contributed by atoms with van der Waals surface area (Å²) >= 11 is 0. The van der Waals surface area contributed by atoms with Crippen LogP contribution in [0, 0.1) is 20.8 Å². The second-order valence-electron chi connectivity index (χ2n) is 6.74. The van der Waals surface area contributed by atoms with E-state index in [0.29, 0.717) is 16.7 Å². The van der Waals surface area contributed by atoms with Crippen molar-refractivity contribution in [3.05, 3.63) is 45.0 Å². The van der Waals surface area contributed by atoms with Gasteiger partial charge in [-0.05, 0) is 56.9 Å². The summed E-state index contributed by atoms with van der Waals surface area (Å²) in [6.07, 6.45) is 2.54. The lowest BCUT2D eigenvalue weighted by molar-refractivity contribution is -0.121. The number of carbonyl (C=O) groups excluding carboxylic acids is 1. The highest BCUT2D eigenvalue weighted by Crippen LogP contribution is 2.34. The van der Waals surface area contributed by atoms with Crippen LogP contribution in [0.15, 0.2) is 26.0 Å². The fourth-order valence-electron chi connectivity index (χ4n) is 3.27. The molecule has 3 aromatic rings. The first-order valence-corrected chi connectivity index (χ1v) is 8.56. The minimum Gasteiger partial charge on any atom is -0.463 e. The maximum absolute atomic E-state index is 12.4. The number of aryl methyl sites for hydroxylation is 3. The molecule has 1 aromatic carbocycles. The molecule has 3 rings (SSSR count). The molecule has 132 valence electrons. The van der Waals surface area contributed by atoms with Crippen molar-refractivity contribution in [1.29, 1.82) is 0 Å². The number of amides is 1. The molecule has 1 amide bonds. The van der Waals surface area contributed by atoms with Crippen LogP contribution in [0.25, 0.3) is 21.9 Å². The summed E-state index contributed by atoms with van der Waals surface area (Å²) in [5.41, 5.74) is 3.89. The molecule has 2 aromatic heterocycles. The number of fused-ring (bicyclic) bond motifs is 3. The maximum Gasteiger partial charge on any atom is 0.340 e. The second-order valence-corrected chi connectivity index (χ2v) is 6.74. The summed E-state index contributed by atoms with van der Waals surface area (Å²) in [4.78, 5) is 24.6. The Hall–Kier alpha value is -2.56. The first kappa shape index (κ1) is 17.3. The Morgan fingerprint density at radius 2 is 1.92 bits per heavy atom. The second kappa shape index (κ2) is 6.39. The lowest BCUT2D eigenvalue weighted by atomic mass is 9.98. The van der Waals surface area contributed by atoms with Crippen LogP contribution in [0.2, 0.25) is 0 Å². The van der Waals surface area contributed by atoms with Gasteiger partial charge in [-0.1, -0.05) is 6.92 Å². The minimum atomic E-state index is -0.466. The van der Waals surface area contributed by atoms with Gasteiger partial charge in [-0.15, -0.1) is 0 Å². The van der Waals surface area contributed by atoms with Gasteiger partial charge >= 0.3 is 5.63 Å². The van der Waals surface area contributed by atoms with E-state index in [-0.39, 0.29) is 18.4 Å². The number of hydrogen-bond acceptors (Lipinski definition) is 4. The zero-order valence-electron chi connectivity index (χ0n) is 15.3. The molecule has 1 atom stereocenters. The quantitative estimate of drug-likeness (QED) is 0.730. The van der Waals surface area contributed by atoms with Gasteiger partial charge in [0.15, 0.2) is 0 Å². The summed E-state index contributed by atoms with van der Waals surface area (Å²) in [6.45, 7) is 9.73. The number of benzene rings is 1. The minimum absolute atomic E-state index is 0.00348. The van der Waals surface area contributed by atoms with E-state index in [9.17, 15) is 9.59 Å². The van der Waals surface area contributed by atoms with E-state index in [2.05, 4.69) is 5.32 Å². The van der Waals surface area contributed by atoms with Crippen molar-refractivity contribution in [2.45, 2.75) is 53.5 Å². The Balaban J connectivity index is 2.18. The normalized spacial score (nSPS) is 12.7. The van der Waals surface area contributed by atoms with Crippen molar-refractivity contribution < 1.29 is 13.6 Å². The Kier molecular flexibility index (Phi) is 4.41. The molecule has 0 saturated heterocycles. The molecule has 0 aliphatic carbocycles. The lowest BCUT2D eigenvalue weighted by Crippen LogP contribution is -2.34. The van der Waals surface area contributed by atoms with Gasteiger partial charge in [0.1, 0.15) is 11.2 Å². The van der Waals surface area contributed by atoms with Crippen molar-refractivity contribution in [2.75, 3.05) is 0 Å². The highest BCUT2D eigenvalue weighted by atomic mass is 16.4. The Labute approximate surface area is 146 Å². The van der Waals surface area contributed by atoms with Gasteiger partial charge in [0.05, 0.1) is 23.6 Å². The molecule has 5 heteroatoms. The zero-order chi connectivity index (χ0) is 18.3. The molecule has 0 radical (unpaired) electrons. The number of carbonyl (C=O) groups is 1. The largest absolute Gasteiger partial charge is 0.463 e. The first-order chi connectivity index (χ1) is 11.8. The van der Waals surface area contributed by atoms with Crippen LogP contribution >= 0.6 is 0 Å². The summed E-state index contributed by atoms with van der Waals surface area (Å²) in [5, 5.41) is 4.68. The van der Waals surface area contributed by atoms with Crippen LogP contribution in [0.3, 0.4) is 0 Å². The molecule has 0 spiro atoms. The van der Waals surface area contributed by atoms with E-state index in [1.54, 1.807) is 6.26 Å². The highest BCUT2D eigenvalue weighted by molar-refractivity contribution is 6.07. The van der Waals surface area contributed by atoms with Gasteiger partial charge in [-0.3, -0.25) is 4.79 Å². The Morgan fingerprint density at radius 1 is 1.20 bits per heavy atom. The van der Waals surface area contributed by atoms with Crippen LogP contribution < -0.4 is 10.9 Å². The molecule has 2 heterocycles. The van der Waals surface area contributed by atoms with Gasteiger partial charge in [-0.2, -0.15) is 0 Å². The van der Waals surface area contributed by atoms with Crippen molar-refractivity contribution in [2.24, 2.45) is 0 Å². The smallest absolute Gasteiger partial charge is 0.340 e. The molecule has 5 nitrogen and oxygen atoms in total. The predicted octanol–water partition coefficient (Wildman–Crippen LogP) is 3.92. The van der Waals surface area contributed by atoms with Crippen LogP contribution in [0.1, 0.15) is 42.5 Å². The number of nitrogens with one attached hydrogen (secondary N) is 1. The van der Waals surface area contributed by atoms with E-state index in [0.717, 1.165) is 33.9 Å². The van der Waals surface area contributed by atoms with Crippen LogP contribution in [0.5, 0.6) is 0 Å². The topological polar surface area (TPSA) is 72.5 Å². The van der Waals surface area contributed by atoms with Gasteiger partial charge in [0, 0.05) is 11.4 Å². The maximum atomic E-state index is 12.4. The summed E-state index contributed by atoms with van der Waals surface area (Å²) in [6, 6.07) is 1.93. The third-order valence-electron chi connectivity index (χ3n) is 4.82. The van der Waals surface area contributed by atoms with E-state index >= 15 is 0 Å².